The zero-order chi connectivity index (χ0) is 16.1. The molecular weight excluding hydrogens is 304 g/mol. The highest BCUT2D eigenvalue weighted by Crippen LogP contribution is 2.21. The summed E-state index contributed by atoms with van der Waals surface area (Å²) in [6.45, 7) is 1.70. The van der Waals surface area contributed by atoms with E-state index in [1.165, 1.54) is 24.3 Å². The predicted octanol–water partition coefficient (Wildman–Crippen LogP) is 4.21. The van der Waals surface area contributed by atoms with Crippen LogP contribution >= 0.6 is 11.6 Å². The van der Waals surface area contributed by atoms with Gasteiger partial charge in [0.1, 0.15) is 0 Å². The van der Waals surface area contributed by atoms with E-state index in [-0.39, 0.29) is 11.6 Å². The SMILES string of the molecule is Cc1cc([N+](=O)[O-])ccc1NC(=O)C=Cc1ccc(Cl)cc1. The van der Waals surface area contributed by atoms with Crippen LogP contribution in [0, 0.1) is 17.0 Å². The minimum atomic E-state index is -0.473. The van der Waals surface area contributed by atoms with E-state index in [4.69, 9.17) is 11.6 Å². The van der Waals surface area contributed by atoms with Crippen molar-refractivity contribution < 1.29 is 9.72 Å². The lowest BCUT2D eigenvalue weighted by atomic mass is 10.1. The molecule has 2 rings (SSSR count). The second-order valence-corrected chi connectivity index (χ2v) is 5.07. The number of anilines is 1. The Balaban J connectivity index is 2.05. The summed E-state index contributed by atoms with van der Waals surface area (Å²) in [5.41, 5.74) is 2.01. The number of carbonyl (C=O) groups is 1. The van der Waals surface area contributed by atoms with Gasteiger partial charge in [0.2, 0.25) is 5.91 Å². The fraction of sp³-hybridized carbons (Fsp3) is 0.0625. The van der Waals surface area contributed by atoms with Crippen LogP contribution in [-0.4, -0.2) is 10.8 Å². The third-order valence-electron chi connectivity index (χ3n) is 2.98. The number of aryl methyl sites for hydroxylation is 1. The van der Waals surface area contributed by atoms with Crippen LogP contribution in [0.15, 0.2) is 48.5 Å². The molecule has 2 aromatic carbocycles. The first kappa shape index (κ1) is 15.7. The predicted molar refractivity (Wildman–Crippen MR) is 86.9 cm³/mol. The third-order valence-corrected chi connectivity index (χ3v) is 3.23. The van der Waals surface area contributed by atoms with Crippen LogP contribution in [0.25, 0.3) is 6.08 Å². The van der Waals surface area contributed by atoms with E-state index in [0.29, 0.717) is 16.3 Å². The Morgan fingerprint density at radius 1 is 1.23 bits per heavy atom. The molecule has 6 heteroatoms. The van der Waals surface area contributed by atoms with Gasteiger partial charge in [-0.05, 0) is 42.3 Å². The molecule has 0 spiro atoms. The zero-order valence-electron chi connectivity index (χ0n) is 11.7. The number of nitrogens with one attached hydrogen (secondary N) is 1. The van der Waals surface area contributed by atoms with Crippen molar-refractivity contribution in [2.24, 2.45) is 0 Å². The van der Waals surface area contributed by atoms with Gasteiger partial charge >= 0.3 is 0 Å². The van der Waals surface area contributed by atoms with E-state index in [9.17, 15) is 14.9 Å². The number of nitrogens with zero attached hydrogens (tertiary/aromatic N) is 1. The molecule has 0 saturated heterocycles. The van der Waals surface area contributed by atoms with Crippen molar-refractivity contribution in [3.63, 3.8) is 0 Å². The normalized spacial score (nSPS) is 10.6. The van der Waals surface area contributed by atoms with Gasteiger partial charge in [0.15, 0.2) is 0 Å². The second kappa shape index (κ2) is 6.87. The molecule has 0 saturated carbocycles. The highest BCUT2D eigenvalue weighted by molar-refractivity contribution is 6.30. The summed E-state index contributed by atoms with van der Waals surface area (Å²) < 4.78 is 0. The molecule has 0 atom stereocenters. The van der Waals surface area contributed by atoms with Gasteiger partial charge < -0.3 is 5.32 Å². The number of halogens is 1. The Morgan fingerprint density at radius 3 is 2.50 bits per heavy atom. The molecular formula is C16H13ClN2O3. The maximum absolute atomic E-state index is 11.9. The average molecular weight is 317 g/mol. The lowest BCUT2D eigenvalue weighted by molar-refractivity contribution is -0.384. The minimum absolute atomic E-state index is 0.00722. The zero-order valence-corrected chi connectivity index (χ0v) is 12.5. The van der Waals surface area contributed by atoms with Crippen molar-refractivity contribution in [2.75, 3.05) is 5.32 Å². The second-order valence-electron chi connectivity index (χ2n) is 4.63. The van der Waals surface area contributed by atoms with E-state index in [1.54, 1.807) is 37.3 Å². The van der Waals surface area contributed by atoms with Gasteiger partial charge in [0, 0.05) is 28.9 Å². The van der Waals surface area contributed by atoms with E-state index in [0.717, 1.165) is 5.56 Å². The van der Waals surface area contributed by atoms with Crippen molar-refractivity contribution >= 4 is 35.0 Å². The van der Waals surface area contributed by atoms with Crippen LogP contribution in [0.4, 0.5) is 11.4 Å². The fourth-order valence-corrected chi connectivity index (χ4v) is 1.95. The van der Waals surface area contributed by atoms with Crippen LogP contribution in [0.5, 0.6) is 0 Å². The van der Waals surface area contributed by atoms with Gasteiger partial charge in [-0.2, -0.15) is 0 Å². The molecule has 112 valence electrons. The average Bonchev–Trinajstić information content (AvgIpc) is 2.48. The molecule has 1 amide bonds. The number of amides is 1. The highest BCUT2D eigenvalue weighted by atomic mass is 35.5. The van der Waals surface area contributed by atoms with Crippen molar-refractivity contribution in [1.82, 2.24) is 0 Å². The Hall–Kier alpha value is -2.66. The van der Waals surface area contributed by atoms with Gasteiger partial charge in [-0.1, -0.05) is 23.7 Å². The maximum atomic E-state index is 11.9. The van der Waals surface area contributed by atoms with Gasteiger partial charge in [-0.25, -0.2) is 0 Å². The van der Waals surface area contributed by atoms with Gasteiger partial charge in [0.25, 0.3) is 5.69 Å². The third kappa shape index (κ3) is 4.17. The summed E-state index contributed by atoms with van der Waals surface area (Å²) in [6.07, 6.45) is 3.05. The molecule has 5 nitrogen and oxygen atoms in total. The molecule has 0 aliphatic carbocycles. The number of non-ortho nitro benzene ring substituents is 1. The van der Waals surface area contributed by atoms with Crippen LogP contribution in [0.3, 0.4) is 0 Å². The Kier molecular flexibility index (Phi) is 4.91. The molecule has 22 heavy (non-hydrogen) atoms. The van der Waals surface area contributed by atoms with Crippen LogP contribution < -0.4 is 5.32 Å². The molecule has 0 aliphatic rings. The van der Waals surface area contributed by atoms with Crippen molar-refractivity contribution in [3.05, 3.63) is 74.8 Å². The van der Waals surface area contributed by atoms with Crippen molar-refractivity contribution in [3.8, 4) is 0 Å². The smallest absolute Gasteiger partial charge is 0.269 e. The molecule has 0 fully saturated rings. The van der Waals surface area contributed by atoms with Crippen molar-refractivity contribution in [1.29, 1.82) is 0 Å². The first-order valence-corrected chi connectivity index (χ1v) is 6.83. The molecule has 0 aliphatic heterocycles. The summed E-state index contributed by atoms with van der Waals surface area (Å²) in [5, 5.41) is 14.0. The summed E-state index contributed by atoms with van der Waals surface area (Å²) in [5.74, 6) is -0.313. The van der Waals surface area contributed by atoms with E-state index >= 15 is 0 Å². The number of carbonyl (C=O) groups excluding carboxylic acids is 1. The summed E-state index contributed by atoms with van der Waals surface area (Å²) in [6, 6.07) is 11.3. The largest absolute Gasteiger partial charge is 0.322 e. The number of benzene rings is 2. The molecule has 0 heterocycles. The number of hydrogen-bond acceptors (Lipinski definition) is 3. The number of hydrogen-bond donors (Lipinski definition) is 1. The molecule has 0 unspecified atom stereocenters. The number of rotatable bonds is 4. The molecule has 0 radical (unpaired) electrons. The maximum Gasteiger partial charge on any atom is 0.269 e. The van der Waals surface area contributed by atoms with Crippen molar-refractivity contribution in [2.45, 2.75) is 6.92 Å². The van der Waals surface area contributed by atoms with Crippen LogP contribution in [-0.2, 0) is 4.79 Å². The molecule has 1 N–H and O–H groups in total. The number of nitro benzene ring substituents is 1. The van der Waals surface area contributed by atoms with Gasteiger partial charge in [-0.15, -0.1) is 0 Å². The monoisotopic (exact) mass is 316 g/mol. The summed E-state index contributed by atoms with van der Waals surface area (Å²) in [7, 11) is 0. The first-order valence-electron chi connectivity index (χ1n) is 6.45. The molecule has 2 aromatic rings. The molecule has 0 aromatic heterocycles. The standard InChI is InChI=1S/C16H13ClN2O3/c1-11-10-14(19(21)22)7-8-15(11)18-16(20)9-4-12-2-5-13(17)6-3-12/h2-10H,1H3,(H,18,20). The molecule has 0 bridgehead atoms. The number of nitro groups is 1. The van der Waals surface area contributed by atoms with Gasteiger partial charge in [-0.3, -0.25) is 14.9 Å². The van der Waals surface area contributed by atoms with Crippen LogP contribution in [0.1, 0.15) is 11.1 Å². The Bertz CT molecular complexity index is 740. The minimum Gasteiger partial charge on any atom is -0.322 e. The lowest BCUT2D eigenvalue weighted by Crippen LogP contribution is -2.09. The Morgan fingerprint density at radius 2 is 1.91 bits per heavy atom. The lowest BCUT2D eigenvalue weighted by Gasteiger charge is -2.05. The highest BCUT2D eigenvalue weighted by Gasteiger charge is 2.08. The fourth-order valence-electron chi connectivity index (χ4n) is 1.82. The van der Waals surface area contributed by atoms with E-state index < -0.39 is 4.92 Å². The van der Waals surface area contributed by atoms with E-state index in [1.807, 2.05) is 0 Å². The van der Waals surface area contributed by atoms with Gasteiger partial charge in [0.05, 0.1) is 4.92 Å². The van der Waals surface area contributed by atoms with Crippen LogP contribution in [0.2, 0.25) is 5.02 Å². The first-order chi connectivity index (χ1) is 10.5. The Labute approximate surface area is 132 Å². The van der Waals surface area contributed by atoms with E-state index in [2.05, 4.69) is 5.32 Å². The summed E-state index contributed by atoms with van der Waals surface area (Å²) in [4.78, 5) is 22.1. The summed E-state index contributed by atoms with van der Waals surface area (Å²) >= 11 is 5.78. The quantitative estimate of drug-likeness (QED) is 0.521. The topological polar surface area (TPSA) is 72.2 Å².